The summed E-state index contributed by atoms with van der Waals surface area (Å²) in [7, 11) is 1.52. The Morgan fingerprint density at radius 3 is 2.59 bits per heavy atom. The molecule has 3 saturated heterocycles. The zero-order valence-electron chi connectivity index (χ0n) is 15.4. The number of nitrogens with one attached hydrogen (secondary N) is 2. The molecular formula is C19H24N4O4. The normalized spacial score (nSPS) is 21.7. The van der Waals surface area contributed by atoms with Crippen LogP contribution in [-0.4, -0.2) is 62.6 Å². The monoisotopic (exact) mass is 372 g/mol. The Bertz CT molecular complexity index is 780. The van der Waals surface area contributed by atoms with Crippen molar-refractivity contribution in [1.29, 1.82) is 0 Å². The van der Waals surface area contributed by atoms with Crippen LogP contribution in [0.2, 0.25) is 0 Å². The third-order valence-electron chi connectivity index (χ3n) is 5.77. The van der Waals surface area contributed by atoms with E-state index >= 15 is 0 Å². The highest BCUT2D eigenvalue weighted by Gasteiger charge is 2.45. The predicted molar refractivity (Wildman–Crippen MR) is 98.9 cm³/mol. The summed E-state index contributed by atoms with van der Waals surface area (Å²) in [6.07, 6.45) is 2.43. The van der Waals surface area contributed by atoms with Crippen LogP contribution in [0.1, 0.15) is 29.6 Å². The smallest absolute Gasteiger partial charge is 0.328 e. The first-order valence-corrected chi connectivity index (χ1v) is 9.31. The number of carbonyl (C=O) groups is 3. The van der Waals surface area contributed by atoms with Crippen molar-refractivity contribution in [2.75, 3.05) is 44.7 Å². The van der Waals surface area contributed by atoms with Crippen molar-refractivity contribution in [3.05, 3.63) is 23.8 Å². The van der Waals surface area contributed by atoms with Gasteiger partial charge in [-0.3, -0.25) is 19.8 Å². The molecule has 0 atom stereocenters. The lowest BCUT2D eigenvalue weighted by Crippen LogP contribution is -2.61. The number of amides is 4. The fourth-order valence-corrected chi connectivity index (χ4v) is 4.19. The van der Waals surface area contributed by atoms with Crippen LogP contribution in [0.4, 0.5) is 10.5 Å². The van der Waals surface area contributed by atoms with Gasteiger partial charge in [-0.25, -0.2) is 4.79 Å². The van der Waals surface area contributed by atoms with E-state index in [-0.39, 0.29) is 30.2 Å². The lowest BCUT2D eigenvalue weighted by atomic mass is 9.72. The average Bonchev–Trinajstić information content (AvgIpc) is 2.66. The Labute approximate surface area is 157 Å². The van der Waals surface area contributed by atoms with Crippen molar-refractivity contribution in [2.24, 2.45) is 5.41 Å². The first-order chi connectivity index (χ1) is 13.0. The van der Waals surface area contributed by atoms with Gasteiger partial charge in [-0.2, -0.15) is 0 Å². The number of urea groups is 1. The zero-order chi connectivity index (χ0) is 19.0. The summed E-state index contributed by atoms with van der Waals surface area (Å²) in [6.45, 7) is 3.86. The summed E-state index contributed by atoms with van der Waals surface area (Å²) in [6, 6.07) is 4.62. The van der Waals surface area contributed by atoms with Crippen LogP contribution in [0.25, 0.3) is 0 Å². The van der Waals surface area contributed by atoms with E-state index in [0.29, 0.717) is 17.0 Å². The van der Waals surface area contributed by atoms with Crippen molar-refractivity contribution in [2.45, 2.75) is 19.3 Å². The summed E-state index contributed by atoms with van der Waals surface area (Å²) in [4.78, 5) is 39.8. The maximum Gasteiger partial charge on any atom is 0.328 e. The quantitative estimate of drug-likeness (QED) is 0.825. The lowest BCUT2D eigenvalue weighted by molar-refractivity contribution is -0.120. The topological polar surface area (TPSA) is 91.0 Å². The minimum absolute atomic E-state index is 0.0310. The van der Waals surface area contributed by atoms with E-state index in [2.05, 4.69) is 10.6 Å². The number of ether oxygens (including phenoxy) is 1. The number of hydrogen-bond donors (Lipinski definition) is 2. The second-order valence-electron chi connectivity index (χ2n) is 7.55. The second kappa shape index (κ2) is 6.84. The Hall–Kier alpha value is -2.61. The van der Waals surface area contributed by atoms with Crippen LogP contribution < -0.4 is 20.3 Å². The first-order valence-electron chi connectivity index (χ1n) is 9.31. The first kappa shape index (κ1) is 17.8. The number of benzene rings is 1. The molecule has 1 aromatic carbocycles. The van der Waals surface area contributed by atoms with Crippen molar-refractivity contribution >= 4 is 23.5 Å². The number of carbonyl (C=O) groups excluding carboxylic acids is 3. The van der Waals surface area contributed by atoms with Crippen molar-refractivity contribution in [1.82, 2.24) is 15.5 Å². The molecule has 0 radical (unpaired) electrons. The van der Waals surface area contributed by atoms with Crippen LogP contribution in [0.5, 0.6) is 5.75 Å². The van der Waals surface area contributed by atoms with Crippen LogP contribution in [0.3, 0.4) is 0 Å². The van der Waals surface area contributed by atoms with Gasteiger partial charge in [0.05, 0.1) is 12.8 Å². The maximum atomic E-state index is 12.9. The highest BCUT2D eigenvalue weighted by Crippen LogP contribution is 2.40. The number of piperidine rings is 1. The Kier molecular flexibility index (Phi) is 4.51. The van der Waals surface area contributed by atoms with Crippen LogP contribution in [-0.2, 0) is 4.79 Å². The molecule has 8 nitrogen and oxygen atoms in total. The molecule has 0 saturated carbocycles. The summed E-state index contributed by atoms with van der Waals surface area (Å²) in [5.41, 5.74) is 1.30. The molecule has 1 spiro atoms. The largest absolute Gasteiger partial charge is 0.495 e. The van der Waals surface area contributed by atoms with Gasteiger partial charge in [0, 0.05) is 37.0 Å². The molecule has 0 bridgehead atoms. The fraction of sp³-hybridized carbons (Fsp3) is 0.526. The molecule has 8 heteroatoms. The Morgan fingerprint density at radius 1 is 1.19 bits per heavy atom. The Morgan fingerprint density at radius 2 is 1.93 bits per heavy atom. The van der Waals surface area contributed by atoms with Crippen molar-refractivity contribution < 1.29 is 19.1 Å². The van der Waals surface area contributed by atoms with Crippen LogP contribution in [0.15, 0.2) is 18.2 Å². The zero-order valence-corrected chi connectivity index (χ0v) is 15.4. The third kappa shape index (κ3) is 3.25. The minimum Gasteiger partial charge on any atom is -0.495 e. The summed E-state index contributed by atoms with van der Waals surface area (Å²) in [5, 5.41) is 5.67. The molecule has 3 aliphatic rings. The number of rotatable bonds is 3. The van der Waals surface area contributed by atoms with E-state index < -0.39 is 6.03 Å². The van der Waals surface area contributed by atoms with Gasteiger partial charge in [-0.05, 0) is 44.1 Å². The number of imide groups is 1. The van der Waals surface area contributed by atoms with Gasteiger partial charge in [-0.1, -0.05) is 0 Å². The van der Waals surface area contributed by atoms with Crippen molar-refractivity contribution in [3.63, 3.8) is 0 Å². The van der Waals surface area contributed by atoms with Crippen LogP contribution in [0, 0.1) is 5.41 Å². The second-order valence-corrected chi connectivity index (χ2v) is 7.55. The van der Waals surface area contributed by atoms with E-state index in [1.165, 1.54) is 12.0 Å². The lowest BCUT2D eigenvalue weighted by Gasteiger charge is -2.52. The summed E-state index contributed by atoms with van der Waals surface area (Å²) < 4.78 is 5.36. The van der Waals surface area contributed by atoms with Gasteiger partial charge in [0.2, 0.25) is 5.91 Å². The molecule has 1 aromatic rings. The molecule has 0 unspecified atom stereocenters. The molecule has 144 valence electrons. The van der Waals surface area contributed by atoms with Gasteiger partial charge >= 0.3 is 6.03 Å². The number of anilines is 1. The summed E-state index contributed by atoms with van der Waals surface area (Å²) >= 11 is 0. The van der Waals surface area contributed by atoms with Crippen molar-refractivity contribution in [3.8, 4) is 5.75 Å². The van der Waals surface area contributed by atoms with Gasteiger partial charge in [0.1, 0.15) is 5.75 Å². The van der Waals surface area contributed by atoms with E-state index in [1.54, 1.807) is 18.2 Å². The molecule has 4 rings (SSSR count). The number of likely N-dealkylation sites (tertiary alicyclic amines) is 1. The third-order valence-corrected chi connectivity index (χ3v) is 5.77. The van der Waals surface area contributed by atoms with Gasteiger partial charge in [0.25, 0.3) is 5.91 Å². The van der Waals surface area contributed by atoms with Gasteiger partial charge < -0.3 is 15.0 Å². The maximum absolute atomic E-state index is 12.9. The molecule has 3 heterocycles. The molecule has 2 N–H and O–H groups in total. The van der Waals surface area contributed by atoms with E-state index in [0.717, 1.165) is 39.0 Å². The number of methoxy groups -OCH3 is 1. The minimum atomic E-state index is -0.494. The molecule has 3 aliphatic heterocycles. The number of hydrogen-bond acceptors (Lipinski definition) is 5. The molecule has 0 aliphatic carbocycles. The SMILES string of the molecule is COc1ccc(C(=O)N2CC3(CCNCC3)C2)cc1N1CCC(=O)NC1=O. The van der Waals surface area contributed by atoms with E-state index in [1.807, 2.05) is 4.90 Å². The number of nitrogens with zero attached hydrogens (tertiary/aromatic N) is 2. The van der Waals surface area contributed by atoms with E-state index in [4.69, 9.17) is 4.74 Å². The molecule has 27 heavy (non-hydrogen) atoms. The fourth-order valence-electron chi connectivity index (χ4n) is 4.19. The summed E-state index contributed by atoms with van der Waals surface area (Å²) in [5.74, 6) is 0.168. The molecule has 4 amide bonds. The van der Waals surface area contributed by atoms with Gasteiger partial charge in [0.15, 0.2) is 0 Å². The highest BCUT2D eigenvalue weighted by molar-refractivity contribution is 6.07. The van der Waals surface area contributed by atoms with Gasteiger partial charge in [-0.15, -0.1) is 0 Å². The van der Waals surface area contributed by atoms with Crippen LogP contribution >= 0.6 is 0 Å². The predicted octanol–water partition coefficient (Wildman–Crippen LogP) is 0.967. The van der Waals surface area contributed by atoms with E-state index in [9.17, 15) is 14.4 Å². The molecule has 0 aromatic heterocycles. The average molecular weight is 372 g/mol. The highest BCUT2D eigenvalue weighted by atomic mass is 16.5. The Balaban J connectivity index is 1.53. The standard InChI is InChI=1S/C19H24N4O4/c1-27-15-3-2-13(10-14(15)23-9-4-16(24)21-18(23)26)17(25)22-11-19(12-22)5-7-20-8-6-19/h2-3,10,20H,4-9,11-12H2,1H3,(H,21,24,26). The molecule has 3 fully saturated rings. The molecular weight excluding hydrogens is 348 g/mol.